The van der Waals surface area contributed by atoms with Crippen LogP contribution in [-0.4, -0.2) is 33.2 Å². The lowest BCUT2D eigenvalue weighted by atomic mass is 9.97. The topological polar surface area (TPSA) is 122 Å². The Morgan fingerprint density at radius 3 is 2.51 bits per heavy atom. The molecule has 2 aromatic carbocycles. The fourth-order valence-corrected chi connectivity index (χ4v) is 4.44. The van der Waals surface area contributed by atoms with Crippen molar-refractivity contribution in [3.63, 3.8) is 0 Å². The molecule has 2 aromatic heterocycles. The predicted molar refractivity (Wildman–Crippen MR) is 156 cm³/mol. The number of carbonyl (C=O) groups excluding carboxylic acids is 2. The summed E-state index contributed by atoms with van der Waals surface area (Å²) in [4.78, 5) is 28.3. The second kappa shape index (κ2) is 11.4. The SMILES string of the molecule is CC(=O)Nc1cc(Oc2ccc(NC(=O)Nc3cn(C(C)(C)C)nc3-c3ccc4c(c3)CCNC4)c(F)c2)ccn1. The van der Waals surface area contributed by atoms with Gasteiger partial charge in [-0.1, -0.05) is 12.1 Å². The lowest BCUT2D eigenvalue weighted by molar-refractivity contribution is -0.114. The van der Waals surface area contributed by atoms with Gasteiger partial charge in [-0.25, -0.2) is 14.2 Å². The Hall–Kier alpha value is -4.77. The molecular weight excluding hydrogens is 525 g/mol. The van der Waals surface area contributed by atoms with Gasteiger partial charge >= 0.3 is 6.03 Å². The van der Waals surface area contributed by atoms with Crippen molar-refractivity contribution in [2.75, 3.05) is 22.5 Å². The largest absolute Gasteiger partial charge is 0.457 e. The highest BCUT2D eigenvalue weighted by atomic mass is 19.1. The summed E-state index contributed by atoms with van der Waals surface area (Å²) in [6.07, 6.45) is 4.17. The monoisotopic (exact) mass is 557 g/mol. The van der Waals surface area contributed by atoms with Crippen LogP contribution in [0.2, 0.25) is 0 Å². The molecule has 0 fully saturated rings. The highest BCUT2D eigenvalue weighted by molar-refractivity contribution is 6.02. The number of anilines is 3. The number of carbonyl (C=O) groups is 2. The number of pyridine rings is 1. The Morgan fingerprint density at radius 2 is 1.76 bits per heavy atom. The summed E-state index contributed by atoms with van der Waals surface area (Å²) in [5, 5.41) is 16.2. The summed E-state index contributed by atoms with van der Waals surface area (Å²) in [5.74, 6) is -0.0598. The van der Waals surface area contributed by atoms with Gasteiger partial charge in [-0.15, -0.1) is 0 Å². The summed E-state index contributed by atoms with van der Waals surface area (Å²) in [6, 6.07) is 12.8. The summed E-state index contributed by atoms with van der Waals surface area (Å²) in [5.41, 5.74) is 4.22. The average molecular weight is 558 g/mol. The fraction of sp³-hybridized carbons (Fsp3) is 0.267. The normalized spacial score (nSPS) is 12.8. The van der Waals surface area contributed by atoms with E-state index in [0.717, 1.165) is 25.1 Å². The lowest BCUT2D eigenvalue weighted by Gasteiger charge is -2.19. The Labute approximate surface area is 237 Å². The van der Waals surface area contributed by atoms with E-state index in [4.69, 9.17) is 9.84 Å². The Morgan fingerprint density at radius 1 is 0.976 bits per heavy atom. The molecule has 0 spiro atoms. The molecule has 0 aliphatic carbocycles. The van der Waals surface area contributed by atoms with Crippen LogP contribution in [0.15, 0.2) is 60.9 Å². The number of hydrogen-bond acceptors (Lipinski definition) is 6. The van der Waals surface area contributed by atoms with Gasteiger partial charge in [-0.05, 0) is 69.1 Å². The van der Waals surface area contributed by atoms with Crippen LogP contribution in [0, 0.1) is 5.82 Å². The van der Waals surface area contributed by atoms with Crippen molar-refractivity contribution in [3.05, 3.63) is 77.9 Å². The minimum Gasteiger partial charge on any atom is -0.457 e. The number of benzene rings is 2. The van der Waals surface area contributed by atoms with E-state index < -0.39 is 11.8 Å². The number of rotatable bonds is 6. The summed E-state index contributed by atoms with van der Waals surface area (Å²) in [6.45, 7) is 9.19. The summed E-state index contributed by atoms with van der Waals surface area (Å²) >= 11 is 0. The van der Waals surface area contributed by atoms with Crippen molar-refractivity contribution in [2.45, 2.75) is 46.2 Å². The predicted octanol–water partition coefficient (Wildman–Crippen LogP) is 5.88. The molecular formula is C30H32FN7O3. The number of amides is 3. The lowest BCUT2D eigenvalue weighted by Crippen LogP contribution is -2.23. The zero-order chi connectivity index (χ0) is 29.1. The second-order valence-corrected chi connectivity index (χ2v) is 10.8. The first kappa shape index (κ1) is 27.8. The van der Waals surface area contributed by atoms with Gasteiger partial charge in [0.25, 0.3) is 0 Å². The van der Waals surface area contributed by atoms with E-state index in [1.807, 2.05) is 31.5 Å². The maximum Gasteiger partial charge on any atom is 0.323 e. The second-order valence-electron chi connectivity index (χ2n) is 10.8. The number of fused-ring (bicyclic) bond motifs is 1. The molecule has 41 heavy (non-hydrogen) atoms. The van der Waals surface area contributed by atoms with Crippen LogP contribution in [0.3, 0.4) is 0 Å². The quantitative estimate of drug-likeness (QED) is 0.235. The molecule has 1 aliphatic rings. The van der Waals surface area contributed by atoms with E-state index >= 15 is 0 Å². The summed E-state index contributed by atoms with van der Waals surface area (Å²) in [7, 11) is 0. The number of nitrogens with zero attached hydrogens (tertiary/aromatic N) is 3. The van der Waals surface area contributed by atoms with Crippen LogP contribution in [0.4, 0.5) is 26.4 Å². The number of nitrogens with one attached hydrogen (secondary N) is 4. The third kappa shape index (κ3) is 6.69. The molecule has 3 heterocycles. The molecule has 11 heteroatoms. The molecule has 0 saturated carbocycles. The number of ether oxygens (including phenoxy) is 1. The van der Waals surface area contributed by atoms with Gasteiger partial charge in [0.05, 0.1) is 16.9 Å². The first-order valence-corrected chi connectivity index (χ1v) is 13.3. The molecule has 0 unspecified atom stereocenters. The zero-order valence-corrected chi connectivity index (χ0v) is 23.3. The van der Waals surface area contributed by atoms with Crippen molar-refractivity contribution in [1.82, 2.24) is 20.1 Å². The van der Waals surface area contributed by atoms with Crippen molar-refractivity contribution >= 4 is 29.1 Å². The third-order valence-electron chi connectivity index (χ3n) is 6.48. The van der Waals surface area contributed by atoms with Crippen molar-refractivity contribution in [1.29, 1.82) is 0 Å². The maximum absolute atomic E-state index is 15.0. The van der Waals surface area contributed by atoms with Crippen LogP contribution < -0.4 is 26.0 Å². The first-order chi connectivity index (χ1) is 19.5. The smallest absolute Gasteiger partial charge is 0.323 e. The van der Waals surface area contributed by atoms with Crippen LogP contribution in [0.5, 0.6) is 11.5 Å². The van der Waals surface area contributed by atoms with E-state index in [9.17, 15) is 14.0 Å². The minimum atomic E-state index is -0.678. The third-order valence-corrected chi connectivity index (χ3v) is 6.48. The Kier molecular flexibility index (Phi) is 7.71. The standard InChI is InChI=1S/C30H32FN7O3/c1-18(39)34-27-15-23(10-12-33-27)41-22-7-8-25(24(31)14-22)35-29(40)36-26-17-38(30(2,3)4)37-28(26)20-5-6-21-16-32-11-9-19(21)13-20/h5-8,10,12-15,17,32H,9,11,16H2,1-4H3,(H,33,34,39)(H2,35,36,40). The van der Waals surface area contributed by atoms with Gasteiger partial charge in [0.1, 0.15) is 28.8 Å². The van der Waals surface area contributed by atoms with Gasteiger partial charge in [0.15, 0.2) is 0 Å². The molecule has 10 nitrogen and oxygen atoms in total. The molecule has 0 atom stereocenters. The molecule has 0 saturated heterocycles. The van der Waals surface area contributed by atoms with Gasteiger partial charge < -0.3 is 26.0 Å². The highest BCUT2D eigenvalue weighted by Crippen LogP contribution is 2.32. The van der Waals surface area contributed by atoms with Crippen molar-refractivity contribution in [2.24, 2.45) is 0 Å². The van der Waals surface area contributed by atoms with E-state index in [-0.39, 0.29) is 22.9 Å². The minimum absolute atomic E-state index is 0.0189. The van der Waals surface area contributed by atoms with Crippen LogP contribution in [0.1, 0.15) is 38.8 Å². The van der Waals surface area contributed by atoms with Crippen LogP contribution in [0.25, 0.3) is 11.3 Å². The van der Waals surface area contributed by atoms with Crippen molar-refractivity contribution < 1.29 is 18.7 Å². The highest BCUT2D eigenvalue weighted by Gasteiger charge is 2.22. The number of hydrogen-bond donors (Lipinski definition) is 4. The van der Waals surface area contributed by atoms with Crippen molar-refractivity contribution in [3.8, 4) is 22.8 Å². The number of halogens is 1. The van der Waals surface area contributed by atoms with E-state index in [2.05, 4.69) is 38.4 Å². The average Bonchev–Trinajstić information content (AvgIpc) is 3.34. The molecule has 212 valence electrons. The zero-order valence-electron chi connectivity index (χ0n) is 23.3. The number of urea groups is 1. The fourth-order valence-electron chi connectivity index (χ4n) is 4.44. The molecule has 0 bridgehead atoms. The van der Waals surface area contributed by atoms with Gasteiger partial charge in [-0.3, -0.25) is 9.48 Å². The number of aromatic nitrogens is 3. The van der Waals surface area contributed by atoms with Gasteiger partial charge in [0.2, 0.25) is 5.91 Å². The molecule has 1 aliphatic heterocycles. The Bertz CT molecular complexity index is 1610. The maximum atomic E-state index is 15.0. The van der Waals surface area contributed by atoms with Gasteiger partial charge in [-0.2, -0.15) is 5.10 Å². The van der Waals surface area contributed by atoms with Crippen LogP contribution >= 0.6 is 0 Å². The molecule has 3 amide bonds. The molecule has 4 N–H and O–H groups in total. The molecule has 0 radical (unpaired) electrons. The summed E-state index contributed by atoms with van der Waals surface area (Å²) < 4.78 is 22.5. The molecule has 5 rings (SSSR count). The Balaban J connectivity index is 1.32. The first-order valence-electron chi connectivity index (χ1n) is 13.3. The molecule has 4 aromatic rings. The van der Waals surface area contributed by atoms with E-state index in [0.29, 0.717) is 22.9 Å². The van der Waals surface area contributed by atoms with Crippen LogP contribution in [-0.2, 0) is 23.3 Å². The van der Waals surface area contributed by atoms with E-state index in [1.165, 1.54) is 48.5 Å². The van der Waals surface area contributed by atoms with E-state index in [1.54, 1.807) is 12.3 Å². The van der Waals surface area contributed by atoms with Gasteiger partial charge in [0, 0.05) is 43.6 Å².